The molecule has 0 bridgehead atoms. The Morgan fingerprint density at radius 3 is 3.07 bits per heavy atom. The highest BCUT2D eigenvalue weighted by molar-refractivity contribution is 6.06. The number of hydrogen-bond donors (Lipinski definition) is 3. The van der Waals surface area contributed by atoms with E-state index in [1.807, 2.05) is 24.3 Å². The number of nitrogens with one attached hydrogen (secondary N) is 3. The number of benzene rings is 1. The number of urea groups is 1. The molecule has 2 aliphatic heterocycles. The zero-order chi connectivity index (χ0) is 9.54. The van der Waals surface area contributed by atoms with Gasteiger partial charge in [0.1, 0.15) is 11.9 Å². The van der Waals surface area contributed by atoms with Crippen molar-refractivity contribution >= 4 is 17.6 Å². The van der Waals surface area contributed by atoms with Crippen LogP contribution in [0.25, 0.3) is 0 Å². The highest BCUT2D eigenvalue weighted by atomic mass is 16.2. The van der Waals surface area contributed by atoms with E-state index in [-0.39, 0.29) is 12.1 Å². The van der Waals surface area contributed by atoms with Gasteiger partial charge in [0, 0.05) is 5.56 Å². The molecule has 3 rings (SSSR count). The molecule has 1 saturated heterocycles. The fraction of sp³-hybridized carbons (Fsp3) is 0.111. The summed E-state index contributed by atoms with van der Waals surface area (Å²) in [6.07, 6.45) is 0. The SMILES string of the molecule is O=C1NNC2C(=Nc3ccccc32)N1. The molecule has 14 heavy (non-hydrogen) atoms. The van der Waals surface area contributed by atoms with Crippen LogP contribution < -0.4 is 16.2 Å². The van der Waals surface area contributed by atoms with Crippen molar-refractivity contribution in [2.24, 2.45) is 4.99 Å². The van der Waals surface area contributed by atoms with Crippen LogP contribution in [-0.2, 0) is 0 Å². The monoisotopic (exact) mass is 188 g/mol. The van der Waals surface area contributed by atoms with E-state index in [2.05, 4.69) is 21.2 Å². The van der Waals surface area contributed by atoms with Gasteiger partial charge in [0.25, 0.3) is 0 Å². The third kappa shape index (κ3) is 0.928. The third-order valence-corrected chi connectivity index (χ3v) is 2.33. The lowest BCUT2D eigenvalue weighted by molar-refractivity contribution is 0.236. The highest BCUT2D eigenvalue weighted by Gasteiger charge is 2.31. The molecule has 5 heteroatoms. The number of carbonyl (C=O) groups is 1. The van der Waals surface area contributed by atoms with Crippen molar-refractivity contribution in [1.82, 2.24) is 16.2 Å². The van der Waals surface area contributed by atoms with Crippen molar-refractivity contribution in [3.05, 3.63) is 29.8 Å². The summed E-state index contributed by atoms with van der Waals surface area (Å²) in [5.41, 5.74) is 7.39. The number of carbonyl (C=O) groups excluding carboxylic acids is 1. The van der Waals surface area contributed by atoms with Crippen LogP contribution in [0.2, 0.25) is 0 Å². The maximum atomic E-state index is 11.0. The second kappa shape index (κ2) is 2.55. The van der Waals surface area contributed by atoms with Crippen molar-refractivity contribution in [3.63, 3.8) is 0 Å². The Morgan fingerprint density at radius 2 is 2.14 bits per heavy atom. The molecular formula is C9H8N4O. The molecule has 0 radical (unpaired) electrons. The summed E-state index contributed by atoms with van der Waals surface area (Å²) in [6, 6.07) is 7.49. The first-order chi connectivity index (χ1) is 6.84. The molecule has 2 aliphatic rings. The van der Waals surface area contributed by atoms with Crippen LogP contribution in [0.15, 0.2) is 29.3 Å². The molecule has 1 unspecified atom stereocenters. The van der Waals surface area contributed by atoms with Crippen LogP contribution in [-0.4, -0.2) is 11.9 Å². The molecule has 1 atom stereocenters. The minimum Gasteiger partial charge on any atom is -0.293 e. The first-order valence-corrected chi connectivity index (χ1v) is 4.34. The molecule has 2 heterocycles. The van der Waals surface area contributed by atoms with Crippen molar-refractivity contribution in [1.29, 1.82) is 0 Å². The number of fused-ring (bicyclic) bond motifs is 3. The van der Waals surface area contributed by atoms with Crippen LogP contribution in [0.1, 0.15) is 11.6 Å². The number of para-hydroxylation sites is 1. The predicted molar refractivity (Wildman–Crippen MR) is 51.1 cm³/mol. The van der Waals surface area contributed by atoms with E-state index in [9.17, 15) is 4.79 Å². The van der Waals surface area contributed by atoms with Gasteiger partial charge in [-0.05, 0) is 6.07 Å². The third-order valence-electron chi connectivity index (χ3n) is 2.33. The van der Waals surface area contributed by atoms with Crippen molar-refractivity contribution in [2.75, 3.05) is 0 Å². The summed E-state index contributed by atoms with van der Waals surface area (Å²) in [7, 11) is 0. The van der Waals surface area contributed by atoms with Crippen LogP contribution in [0.4, 0.5) is 10.5 Å². The first kappa shape index (κ1) is 7.52. The van der Waals surface area contributed by atoms with Crippen molar-refractivity contribution in [3.8, 4) is 0 Å². The summed E-state index contributed by atoms with van der Waals surface area (Å²) < 4.78 is 0. The molecule has 0 saturated carbocycles. The van der Waals surface area contributed by atoms with Gasteiger partial charge in [0.2, 0.25) is 0 Å². The van der Waals surface area contributed by atoms with Gasteiger partial charge in [0.15, 0.2) is 0 Å². The normalized spacial score (nSPS) is 23.0. The first-order valence-electron chi connectivity index (χ1n) is 4.34. The van der Waals surface area contributed by atoms with Crippen LogP contribution in [0.3, 0.4) is 0 Å². The molecule has 1 fully saturated rings. The molecule has 1 aromatic carbocycles. The van der Waals surface area contributed by atoms with E-state index < -0.39 is 0 Å². The smallest absolute Gasteiger partial charge is 0.293 e. The van der Waals surface area contributed by atoms with Gasteiger partial charge in [-0.15, -0.1) is 0 Å². The zero-order valence-corrected chi connectivity index (χ0v) is 7.24. The Morgan fingerprint density at radius 1 is 1.29 bits per heavy atom. The van der Waals surface area contributed by atoms with Gasteiger partial charge in [-0.25, -0.2) is 15.2 Å². The summed E-state index contributed by atoms with van der Waals surface area (Å²) in [5, 5.41) is 2.66. The number of aliphatic imine (C=N–C) groups is 1. The van der Waals surface area contributed by atoms with Gasteiger partial charge >= 0.3 is 6.03 Å². The maximum absolute atomic E-state index is 11.0. The Kier molecular flexibility index (Phi) is 1.37. The van der Waals surface area contributed by atoms with E-state index in [1.165, 1.54) is 0 Å². The number of amidine groups is 1. The minimum atomic E-state index is -0.271. The van der Waals surface area contributed by atoms with E-state index in [0.29, 0.717) is 5.84 Å². The van der Waals surface area contributed by atoms with Gasteiger partial charge in [-0.1, -0.05) is 18.2 Å². The van der Waals surface area contributed by atoms with Gasteiger partial charge in [-0.2, -0.15) is 0 Å². The molecule has 2 amide bonds. The van der Waals surface area contributed by atoms with Crippen molar-refractivity contribution < 1.29 is 4.79 Å². The standard InChI is InChI=1S/C9H8N4O/c14-9-11-8-7(12-13-9)5-3-1-2-4-6(5)10-8/h1-4,7,12H,(H2,10,11,13,14). The highest BCUT2D eigenvalue weighted by Crippen LogP contribution is 2.32. The lowest BCUT2D eigenvalue weighted by Crippen LogP contribution is -2.57. The average Bonchev–Trinajstić information content (AvgIpc) is 2.54. The Bertz CT molecular complexity index is 440. The Balaban J connectivity index is 2.06. The number of rotatable bonds is 0. The molecule has 0 aliphatic carbocycles. The van der Waals surface area contributed by atoms with E-state index in [1.54, 1.807) is 0 Å². The summed E-state index contributed by atoms with van der Waals surface area (Å²) in [5.74, 6) is 0.662. The lowest BCUT2D eigenvalue weighted by atomic mass is 10.1. The zero-order valence-electron chi connectivity index (χ0n) is 7.24. The largest absolute Gasteiger partial charge is 0.334 e. The van der Waals surface area contributed by atoms with Crippen LogP contribution in [0.5, 0.6) is 0 Å². The molecular weight excluding hydrogens is 180 g/mol. The molecule has 0 spiro atoms. The molecule has 0 aromatic heterocycles. The van der Waals surface area contributed by atoms with Gasteiger partial charge in [-0.3, -0.25) is 10.7 Å². The van der Waals surface area contributed by atoms with Gasteiger partial charge in [0.05, 0.1) is 5.69 Å². The quantitative estimate of drug-likeness (QED) is 0.557. The Labute approximate surface area is 80.2 Å². The topological polar surface area (TPSA) is 65.5 Å². The predicted octanol–water partition coefficient (Wildman–Crippen LogP) is 0.589. The summed E-state index contributed by atoms with van der Waals surface area (Å²) in [4.78, 5) is 15.3. The fourth-order valence-electron chi connectivity index (χ4n) is 1.71. The summed E-state index contributed by atoms with van der Waals surface area (Å²) >= 11 is 0. The number of hydrazine groups is 1. The second-order valence-corrected chi connectivity index (χ2v) is 3.21. The average molecular weight is 188 g/mol. The lowest BCUT2D eigenvalue weighted by Gasteiger charge is -2.22. The number of hydrogen-bond acceptors (Lipinski definition) is 3. The summed E-state index contributed by atoms with van der Waals surface area (Å²) in [6.45, 7) is 0. The molecule has 1 aromatic rings. The van der Waals surface area contributed by atoms with E-state index in [0.717, 1.165) is 11.3 Å². The van der Waals surface area contributed by atoms with Gasteiger partial charge < -0.3 is 0 Å². The van der Waals surface area contributed by atoms with E-state index in [4.69, 9.17) is 0 Å². The molecule has 3 N–H and O–H groups in total. The Hall–Kier alpha value is -1.88. The molecule has 5 nitrogen and oxygen atoms in total. The van der Waals surface area contributed by atoms with Crippen molar-refractivity contribution in [2.45, 2.75) is 6.04 Å². The number of nitrogens with zero attached hydrogens (tertiary/aromatic N) is 1. The maximum Gasteiger partial charge on any atom is 0.334 e. The minimum absolute atomic E-state index is 0.0381. The van der Waals surface area contributed by atoms with E-state index >= 15 is 0 Å². The van der Waals surface area contributed by atoms with Crippen LogP contribution >= 0.6 is 0 Å². The fourth-order valence-corrected chi connectivity index (χ4v) is 1.71. The van der Waals surface area contributed by atoms with Crippen LogP contribution in [0, 0.1) is 0 Å². The molecule has 70 valence electrons. The second-order valence-electron chi connectivity index (χ2n) is 3.21. The number of amides is 2.